The fraction of sp³-hybridized carbons (Fsp3) is 0.231. The first-order chi connectivity index (χ1) is 10.1. The van der Waals surface area contributed by atoms with Gasteiger partial charge in [-0.25, -0.2) is 4.98 Å². The van der Waals surface area contributed by atoms with Gasteiger partial charge in [0.1, 0.15) is 5.69 Å². The molecular weight excluding hydrogens is 274 g/mol. The van der Waals surface area contributed by atoms with E-state index >= 15 is 0 Å². The molecule has 1 aromatic carbocycles. The number of hydrogen-bond acceptors (Lipinski definition) is 5. The topological polar surface area (TPSA) is 113 Å². The standard InChI is InChI=1S/C13H15N5O3/c1-2-5-14-10-8-9(3-4-11(10)18(20)21)12(19)17-13-15-6-7-16-13/h3-4,6-8,14H,2,5H2,1H3,(H2,15,16,17,19). The van der Waals surface area contributed by atoms with Crippen molar-refractivity contribution < 1.29 is 9.72 Å². The van der Waals surface area contributed by atoms with Gasteiger partial charge in [0.15, 0.2) is 0 Å². The van der Waals surface area contributed by atoms with E-state index in [9.17, 15) is 14.9 Å². The van der Waals surface area contributed by atoms with Crippen LogP contribution in [-0.4, -0.2) is 27.3 Å². The van der Waals surface area contributed by atoms with Gasteiger partial charge < -0.3 is 10.3 Å². The van der Waals surface area contributed by atoms with E-state index < -0.39 is 4.92 Å². The smallest absolute Gasteiger partial charge is 0.292 e. The molecule has 1 aromatic heterocycles. The molecule has 0 aliphatic rings. The molecule has 0 bridgehead atoms. The Bertz CT molecular complexity index is 639. The normalized spacial score (nSPS) is 10.1. The van der Waals surface area contributed by atoms with E-state index in [-0.39, 0.29) is 11.6 Å². The highest BCUT2D eigenvalue weighted by molar-refractivity contribution is 6.04. The summed E-state index contributed by atoms with van der Waals surface area (Å²) in [5.74, 6) is -0.0687. The fourth-order valence-corrected chi connectivity index (χ4v) is 1.75. The lowest BCUT2D eigenvalue weighted by Gasteiger charge is -2.08. The van der Waals surface area contributed by atoms with Crippen molar-refractivity contribution in [2.75, 3.05) is 17.2 Å². The van der Waals surface area contributed by atoms with Crippen molar-refractivity contribution in [2.24, 2.45) is 0 Å². The van der Waals surface area contributed by atoms with Crippen LogP contribution in [0.5, 0.6) is 0 Å². The molecule has 0 saturated carbocycles. The minimum absolute atomic E-state index is 0.0574. The highest BCUT2D eigenvalue weighted by atomic mass is 16.6. The Labute approximate surface area is 120 Å². The molecule has 2 aromatic rings. The largest absolute Gasteiger partial charge is 0.379 e. The molecule has 0 atom stereocenters. The van der Waals surface area contributed by atoms with Crippen molar-refractivity contribution in [1.82, 2.24) is 9.97 Å². The maximum absolute atomic E-state index is 12.1. The number of rotatable bonds is 6. The molecular formula is C13H15N5O3. The van der Waals surface area contributed by atoms with E-state index in [2.05, 4.69) is 20.6 Å². The second kappa shape index (κ2) is 6.51. The highest BCUT2D eigenvalue weighted by Crippen LogP contribution is 2.25. The van der Waals surface area contributed by atoms with E-state index in [0.29, 0.717) is 23.7 Å². The third-order valence-electron chi connectivity index (χ3n) is 2.75. The van der Waals surface area contributed by atoms with Crippen molar-refractivity contribution >= 4 is 23.2 Å². The van der Waals surface area contributed by atoms with Gasteiger partial charge in [-0.05, 0) is 18.6 Å². The Hall–Kier alpha value is -2.90. The molecule has 21 heavy (non-hydrogen) atoms. The number of nitro benzene ring substituents is 1. The number of amides is 1. The second-order valence-electron chi connectivity index (χ2n) is 4.31. The first kappa shape index (κ1) is 14.5. The Kier molecular flexibility index (Phi) is 4.50. The maximum Gasteiger partial charge on any atom is 0.292 e. The molecule has 0 fully saturated rings. The van der Waals surface area contributed by atoms with Crippen LogP contribution in [0.1, 0.15) is 23.7 Å². The zero-order valence-corrected chi connectivity index (χ0v) is 11.4. The first-order valence-electron chi connectivity index (χ1n) is 6.45. The number of aromatic amines is 1. The third kappa shape index (κ3) is 3.56. The maximum atomic E-state index is 12.1. The van der Waals surface area contributed by atoms with Gasteiger partial charge in [-0.2, -0.15) is 0 Å². The summed E-state index contributed by atoms with van der Waals surface area (Å²) in [5, 5.41) is 16.5. The number of carbonyl (C=O) groups excluding carboxylic acids is 1. The average Bonchev–Trinajstić information content (AvgIpc) is 2.97. The van der Waals surface area contributed by atoms with Crippen LogP contribution < -0.4 is 10.6 Å². The summed E-state index contributed by atoms with van der Waals surface area (Å²) in [5.41, 5.74) is 0.586. The number of imidazole rings is 1. The van der Waals surface area contributed by atoms with Crippen LogP contribution in [0.25, 0.3) is 0 Å². The molecule has 8 nitrogen and oxygen atoms in total. The summed E-state index contributed by atoms with van der Waals surface area (Å²) in [4.78, 5) is 29.2. The van der Waals surface area contributed by atoms with Gasteiger partial charge in [0.05, 0.1) is 4.92 Å². The minimum atomic E-state index is -0.480. The van der Waals surface area contributed by atoms with Crippen molar-refractivity contribution in [3.05, 3.63) is 46.3 Å². The Morgan fingerprint density at radius 3 is 2.90 bits per heavy atom. The van der Waals surface area contributed by atoms with E-state index in [4.69, 9.17) is 0 Å². The van der Waals surface area contributed by atoms with Gasteiger partial charge in [-0.3, -0.25) is 20.2 Å². The predicted molar refractivity (Wildman–Crippen MR) is 78.4 cm³/mol. The van der Waals surface area contributed by atoms with E-state index in [0.717, 1.165) is 6.42 Å². The average molecular weight is 289 g/mol. The number of nitro groups is 1. The molecule has 0 saturated heterocycles. The van der Waals surface area contributed by atoms with Crippen LogP contribution >= 0.6 is 0 Å². The van der Waals surface area contributed by atoms with Crippen LogP contribution in [0.15, 0.2) is 30.6 Å². The molecule has 0 radical (unpaired) electrons. The predicted octanol–water partition coefficient (Wildman–Crippen LogP) is 2.39. The van der Waals surface area contributed by atoms with Gasteiger partial charge in [0.25, 0.3) is 11.6 Å². The van der Waals surface area contributed by atoms with Crippen molar-refractivity contribution in [3.8, 4) is 0 Å². The molecule has 0 spiro atoms. The number of nitrogens with zero attached hydrogens (tertiary/aromatic N) is 2. The van der Waals surface area contributed by atoms with Gasteiger partial charge in [-0.1, -0.05) is 6.92 Å². The van der Waals surface area contributed by atoms with Gasteiger partial charge in [0.2, 0.25) is 5.95 Å². The molecule has 1 heterocycles. The Morgan fingerprint density at radius 2 is 2.29 bits per heavy atom. The van der Waals surface area contributed by atoms with Crippen molar-refractivity contribution in [1.29, 1.82) is 0 Å². The summed E-state index contributed by atoms with van der Waals surface area (Å²) in [6.07, 6.45) is 3.92. The second-order valence-corrected chi connectivity index (χ2v) is 4.31. The SMILES string of the molecule is CCCNc1cc(C(=O)Nc2ncc[nH]2)ccc1[N+](=O)[O-]. The number of aromatic nitrogens is 2. The van der Waals surface area contributed by atoms with Gasteiger partial charge in [-0.15, -0.1) is 0 Å². The van der Waals surface area contributed by atoms with Crippen LogP contribution in [0.3, 0.4) is 0 Å². The Balaban J connectivity index is 2.23. The highest BCUT2D eigenvalue weighted by Gasteiger charge is 2.17. The molecule has 0 aliphatic heterocycles. The van der Waals surface area contributed by atoms with Crippen LogP contribution in [0.4, 0.5) is 17.3 Å². The zero-order chi connectivity index (χ0) is 15.2. The summed E-state index contributed by atoms with van der Waals surface area (Å²) in [6.45, 7) is 2.54. The van der Waals surface area contributed by atoms with E-state index in [1.165, 1.54) is 24.4 Å². The molecule has 3 N–H and O–H groups in total. The summed E-state index contributed by atoms with van der Waals surface area (Å²) in [6, 6.07) is 4.19. The van der Waals surface area contributed by atoms with Gasteiger partial charge in [0, 0.05) is 30.6 Å². The number of carbonyl (C=O) groups is 1. The fourth-order valence-electron chi connectivity index (χ4n) is 1.75. The zero-order valence-electron chi connectivity index (χ0n) is 11.4. The molecule has 2 rings (SSSR count). The third-order valence-corrected chi connectivity index (χ3v) is 2.75. The number of H-pyrrole nitrogens is 1. The van der Waals surface area contributed by atoms with E-state index in [1.807, 2.05) is 6.92 Å². The van der Waals surface area contributed by atoms with Gasteiger partial charge >= 0.3 is 0 Å². The van der Waals surface area contributed by atoms with Crippen molar-refractivity contribution in [2.45, 2.75) is 13.3 Å². The molecule has 110 valence electrons. The van der Waals surface area contributed by atoms with Crippen LogP contribution in [0, 0.1) is 10.1 Å². The molecule has 0 unspecified atom stereocenters. The molecule has 8 heteroatoms. The first-order valence-corrected chi connectivity index (χ1v) is 6.45. The lowest BCUT2D eigenvalue weighted by Crippen LogP contribution is -2.14. The summed E-state index contributed by atoms with van der Waals surface area (Å²) >= 11 is 0. The summed E-state index contributed by atoms with van der Waals surface area (Å²) in [7, 11) is 0. The number of hydrogen-bond donors (Lipinski definition) is 3. The molecule has 0 aliphatic carbocycles. The number of nitrogens with one attached hydrogen (secondary N) is 3. The number of benzene rings is 1. The number of anilines is 2. The Morgan fingerprint density at radius 1 is 1.48 bits per heavy atom. The van der Waals surface area contributed by atoms with Crippen LogP contribution in [0.2, 0.25) is 0 Å². The van der Waals surface area contributed by atoms with Crippen LogP contribution in [-0.2, 0) is 0 Å². The lowest BCUT2D eigenvalue weighted by atomic mass is 10.1. The minimum Gasteiger partial charge on any atom is -0.379 e. The summed E-state index contributed by atoms with van der Waals surface area (Å²) < 4.78 is 0. The monoisotopic (exact) mass is 289 g/mol. The van der Waals surface area contributed by atoms with Crippen molar-refractivity contribution in [3.63, 3.8) is 0 Å². The quantitative estimate of drug-likeness (QED) is 0.558. The van der Waals surface area contributed by atoms with E-state index in [1.54, 1.807) is 6.20 Å². The lowest BCUT2D eigenvalue weighted by molar-refractivity contribution is -0.384. The molecule has 1 amide bonds.